The molecule has 0 atom stereocenters. The standard InChI is InChI=1S/C16H16ClN5O2S/c17-9-1-2-13-3-6-15(7-4-13)25(23,24)21-14-5-8-16(19-10-14)22-12-18-11-20-22/h3-8,10-12,21H,1-2,9H2. The number of pyridine rings is 1. The molecule has 130 valence electrons. The fourth-order valence-electron chi connectivity index (χ4n) is 2.23. The lowest BCUT2D eigenvalue weighted by atomic mass is 10.1. The largest absolute Gasteiger partial charge is 0.278 e. The van der Waals surface area contributed by atoms with Crippen molar-refractivity contribution in [1.29, 1.82) is 0 Å². The molecule has 3 rings (SSSR count). The van der Waals surface area contributed by atoms with E-state index in [9.17, 15) is 8.42 Å². The highest BCUT2D eigenvalue weighted by Crippen LogP contribution is 2.17. The van der Waals surface area contributed by atoms with Crippen LogP contribution in [0.3, 0.4) is 0 Å². The quantitative estimate of drug-likeness (QED) is 0.639. The van der Waals surface area contributed by atoms with Gasteiger partial charge in [0.1, 0.15) is 12.7 Å². The Hall–Kier alpha value is -2.45. The van der Waals surface area contributed by atoms with Crippen molar-refractivity contribution < 1.29 is 8.42 Å². The monoisotopic (exact) mass is 377 g/mol. The number of halogens is 1. The zero-order valence-corrected chi connectivity index (χ0v) is 14.8. The van der Waals surface area contributed by atoms with E-state index in [-0.39, 0.29) is 4.90 Å². The van der Waals surface area contributed by atoms with E-state index >= 15 is 0 Å². The van der Waals surface area contributed by atoms with Crippen LogP contribution >= 0.6 is 11.6 Å². The highest BCUT2D eigenvalue weighted by Gasteiger charge is 2.14. The summed E-state index contributed by atoms with van der Waals surface area (Å²) in [6.45, 7) is 0. The molecule has 0 saturated heterocycles. The Morgan fingerprint density at radius 2 is 1.92 bits per heavy atom. The average Bonchev–Trinajstić information content (AvgIpc) is 3.15. The van der Waals surface area contributed by atoms with E-state index in [0.717, 1.165) is 18.4 Å². The van der Waals surface area contributed by atoms with Gasteiger partial charge in [-0.05, 0) is 42.7 Å². The lowest BCUT2D eigenvalue weighted by Crippen LogP contribution is -2.13. The molecule has 3 aromatic rings. The van der Waals surface area contributed by atoms with Crippen LogP contribution in [-0.4, -0.2) is 34.0 Å². The average molecular weight is 378 g/mol. The molecule has 0 spiro atoms. The third-order valence-electron chi connectivity index (χ3n) is 3.49. The molecule has 1 N–H and O–H groups in total. The van der Waals surface area contributed by atoms with Crippen LogP contribution in [0.15, 0.2) is 60.1 Å². The molecule has 0 aliphatic carbocycles. The summed E-state index contributed by atoms with van der Waals surface area (Å²) >= 11 is 5.67. The number of hydrogen-bond donors (Lipinski definition) is 1. The minimum atomic E-state index is -3.67. The highest BCUT2D eigenvalue weighted by molar-refractivity contribution is 7.92. The molecule has 0 radical (unpaired) electrons. The molecule has 0 amide bonds. The van der Waals surface area contributed by atoms with E-state index in [0.29, 0.717) is 17.4 Å². The van der Waals surface area contributed by atoms with Crippen molar-refractivity contribution in [3.63, 3.8) is 0 Å². The van der Waals surface area contributed by atoms with Crippen molar-refractivity contribution >= 4 is 27.3 Å². The van der Waals surface area contributed by atoms with Gasteiger partial charge >= 0.3 is 0 Å². The molecule has 0 fully saturated rings. The second-order valence-corrected chi connectivity index (χ2v) is 7.35. The second kappa shape index (κ2) is 7.62. The van der Waals surface area contributed by atoms with Crippen LogP contribution in [0.4, 0.5) is 5.69 Å². The van der Waals surface area contributed by atoms with Crippen LogP contribution in [0.1, 0.15) is 12.0 Å². The maximum absolute atomic E-state index is 12.5. The number of hydrogen-bond acceptors (Lipinski definition) is 5. The fourth-order valence-corrected chi connectivity index (χ4v) is 3.41. The summed E-state index contributed by atoms with van der Waals surface area (Å²) in [4.78, 5) is 8.20. The minimum absolute atomic E-state index is 0.197. The van der Waals surface area contributed by atoms with E-state index in [1.54, 1.807) is 36.4 Å². The molecule has 0 saturated carbocycles. The van der Waals surface area contributed by atoms with E-state index in [1.165, 1.54) is 23.5 Å². The van der Waals surface area contributed by atoms with Gasteiger partial charge in [0.15, 0.2) is 5.82 Å². The molecule has 0 aliphatic heterocycles. The van der Waals surface area contributed by atoms with Crippen LogP contribution in [0.5, 0.6) is 0 Å². The number of rotatable bonds is 7. The number of aromatic nitrogens is 4. The molecular weight excluding hydrogens is 362 g/mol. The first kappa shape index (κ1) is 17.4. The van der Waals surface area contributed by atoms with Crippen molar-refractivity contribution in [2.24, 2.45) is 0 Å². The Bertz CT molecular complexity index is 910. The van der Waals surface area contributed by atoms with Gasteiger partial charge in [-0.2, -0.15) is 5.10 Å². The molecule has 0 aliphatic rings. The fraction of sp³-hybridized carbons (Fsp3) is 0.188. The van der Waals surface area contributed by atoms with Gasteiger partial charge in [0.25, 0.3) is 10.0 Å². The molecule has 2 heterocycles. The summed E-state index contributed by atoms with van der Waals surface area (Å²) in [5, 5.41) is 3.96. The Balaban J connectivity index is 1.72. The molecule has 2 aromatic heterocycles. The van der Waals surface area contributed by atoms with Gasteiger partial charge in [0.05, 0.1) is 16.8 Å². The van der Waals surface area contributed by atoms with Gasteiger partial charge in [0, 0.05) is 5.88 Å². The molecule has 25 heavy (non-hydrogen) atoms. The third kappa shape index (κ3) is 4.34. The lowest BCUT2D eigenvalue weighted by Gasteiger charge is -2.09. The topological polar surface area (TPSA) is 89.8 Å². The second-order valence-electron chi connectivity index (χ2n) is 5.29. The van der Waals surface area contributed by atoms with Crippen molar-refractivity contribution in [2.45, 2.75) is 17.7 Å². The van der Waals surface area contributed by atoms with Gasteiger partial charge in [0.2, 0.25) is 0 Å². The van der Waals surface area contributed by atoms with Gasteiger partial charge in [-0.1, -0.05) is 12.1 Å². The Labute approximate surface area is 150 Å². The van der Waals surface area contributed by atoms with Crippen molar-refractivity contribution in [2.75, 3.05) is 10.6 Å². The SMILES string of the molecule is O=S(=O)(Nc1ccc(-n2cncn2)nc1)c1ccc(CCCCl)cc1. The third-order valence-corrected chi connectivity index (χ3v) is 5.15. The maximum atomic E-state index is 12.5. The maximum Gasteiger partial charge on any atom is 0.261 e. The Kier molecular flexibility index (Phi) is 5.30. The Morgan fingerprint density at radius 1 is 1.12 bits per heavy atom. The normalized spacial score (nSPS) is 11.4. The van der Waals surface area contributed by atoms with E-state index in [1.807, 2.05) is 0 Å². The molecule has 0 bridgehead atoms. The molecule has 0 unspecified atom stereocenters. The predicted octanol–water partition coefficient (Wildman–Crippen LogP) is 2.63. The van der Waals surface area contributed by atoms with Crippen LogP contribution in [-0.2, 0) is 16.4 Å². The molecule has 7 nitrogen and oxygen atoms in total. The first-order valence-corrected chi connectivity index (χ1v) is 9.59. The molecule has 1 aromatic carbocycles. The number of alkyl halides is 1. The molecule has 9 heteroatoms. The molecular formula is C16H16ClN5O2S. The number of benzene rings is 1. The van der Waals surface area contributed by atoms with Crippen LogP contribution in [0, 0.1) is 0 Å². The van der Waals surface area contributed by atoms with E-state index in [2.05, 4.69) is 19.8 Å². The van der Waals surface area contributed by atoms with Gasteiger partial charge in [-0.15, -0.1) is 11.6 Å². The first-order chi connectivity index (χ1) is 12.1. The van der Waals surface area contributed by atoms with Crippen LogP contribution in [0.25, 0.3) is 5.82 Å². The number of nitrogens with zero attached hydrogens (tertiary/aromatic N) is 4. The van der Waals surface area contributed by atoms with Crippen molar-refractivity contribution in [3.05, 3.63) is 60.8 Å². The smallest absolute Gasteiger partial charge is 0.261 e. The predicted molar refractivity (Wildman–Crippen MR) is 95.4 cm³/mol. The Morgan fingerprint density at radius 3 is 2.52 bits per heavy atom. The summed E-state index contributed by atoms with van der Waals surface area (Å²) in [5.74, 6) is 1.13. The summed E-state index contributed by atoms with van der Waals surface area (Å²) < 4.78 is 28.9. The summed E-state index contributed by atoms with van der Waals surface area (Å²) in [5.41, 5.74) is 1.42. The van der Waals surface area contributed by atoms with Crippen molar-refractivity contribution in [3.8, 4) is 5.82 Å². The number of anilines is 1. The van der Waals surface area contributed by atoms with Gasteiger partial charge < -0.3 is 0 Å². The summed E-state index contributed by atoms with van der Waals surface area (Å²) in [6.07, 6.45) is 6.02. The number of nitrogens with one attached hydrogen (secondary N) is 1. The first-order valence-electron chi connectivity index (χ1n) is 7.57. The number of aryl methyl sites for hydroxylation is 1. The zero-order chi connectivity index (χ0) is 17.7. The summed E-state index contributed by atoms with van der Waals surface area (Å²) in [7, 11) is -3.67. The minimum Gasteiger partial charge on any atom is -0.278 e. The number of sulfonamides is 1. The van der Waals surface area contributed by atoms with E-state index in [4.69, 9.17) is 11.6 Å². The van der Waals surface area contributed by atoms with Crippen LogP contribution < -0.4 is 4.72 Å². The summed E-state index contributed by atoms with van der Waals surface area (Å²) in [6, 6.07) is 10.0. The van der Waals surface area contributed by atoms with Crippen molar-refractivity contribution in [1.82, 2.24) is 19.7 Å². The zero-order valence-electron chi connectivity index (χ0n) is 13.2. The van der Waals surface area contributed by atoms with E-state index < -0.39 is 10.0 Å². The van der Waals surface area contributed by atoms with Gasteiger partial charge in [-0.3, -0.25) is 4.72 Å². The lowest BCUT2D eigenvalue weighted by molar-refractivity contribution is 0.601. The highest BCUT2D eigenvalue weighted by atomic mass is 35.5. The van der Waals surface area contributed by atoms with Crippen LogP contribution in [0.2, 0.25) is 0 Å². The van der Waals surface area contributed by atoms with Gasteiger partial charge in [-0.25, -0.2) is 23.1 Å².